The van der Waals surface area contributed by atoms with Gasteiger partial charge in [-0.3, -0.25) is 9.59 Å². The Morgan fingerprint density at radius 3 is 2.62 bits per heavy atom. The molecule has 0 fully saturated rings. The fourth-order valence-corrected chi connectivity index (χ4v) is 4.51. The van der Waals surface area contributed by atoms with Gasteiger partial charge in [-0.05, 0) is 54.3 Å². The molecule has 0 bridgehead atoms. The zero-order valence-electron chi connectivity index (χ0n) is 15.4. The number of hydrogen-bond donors (Lipinski definition) is 2. The van der Waals surface area contributed by atoms with Gasteiger partial charge in [0.1, 0.15) is 0 Å². The smallest absolute Gasteiger partial charge is 0.265 e. The highest BCUT2D eigenvalue weighted by molar-refractivity contribution is 8.00. The number of amides is 2. The summed E-state index contributed by atoms with van der Waals surface area (Å²) in [6.45, 7) is 1.94. The van der Waals surface area contributed by atoms with Crippen LogP contribution in [0.4, 0.5) is 11.4 Å². The molecule has 0 saturated carbocycles. The molecule has 29 heavy (non-hydrogen) atoms. The third-order valence-corrected chi connectivity index (χ3v) is 6.76. The largest absolute Gasteiger partial charge is 0.324 e. The van der Waals surface area contributed by atoms with Gasteiger partial charge in [0, 0.05) is 15.6 Å². The molecule has 1 atom stereocenters. The summed E-state index contributed by atoms with van der Waals surface area (Å²) in [6, 6.07) is 16.0. The number of thiophene rings is 1. The van der Waals surface area contributed by atoms with Gasteiger partial charge in [0.15, 0.2) is 0 Å². The second-order valence-electron chi connectivity index (χ2n) is 6.09. The minimum absolute atomic E-state index is 0.150. The number of carbonyl (C=O) groups excluding carboxylic acids is 2. The topological polar surface area (TPSA) is 58.2 Å². The molecular formula is C21H18Cl2N2O2S2. The normalized spacial score (nSPS) is 11.7. The van der Waals surface area contributed by atoms with E-state index in [2.05, 4.69) is 10.6 Å². The molecule has 0 aliphatic carbocycles. The number of thioether (sulfide) groups is 1. The van der Waals surface area contributed by atoms with Gasteiger partial charge in [-0.2, -0.15) is 0 Å². The van der Waals surface area contributed by atoms with E-state index in [1.165, 1.54) is 23.1 Å². The first-order valence-corrected chi connectivity index (χ1v) is 11.3. The molecule has 4 nitrogen and oxygen atoms in total. The van der Waals surface area contributed by atoms with E-state index in [4.69, 9.17) is 23.2 Å². The molecule has 1 aromatic heterocycles. The Labute approximate surface area is 187 Å². The highest BCUT2D eigenvalue weighted by Crippen LogP contribution is 2.31. The van der Waals surface area contributed by atoms with Gasteiger partial charge in [0.05, 0.1) is 20.8 Å². The van der Waals surface area contributed by atoms with Crippen molar-refractivity contribution in [3.63, 3.8) is 0 Å². The van der Waals surface area contributed by atoms with Crippen molar-refractivity contribution in [2.75, 3.05) is 10.6 Å². The SMILES string of the molecule is CCC(Sc1cccc(NC(=O)c2cccs2)c1)C(=O)Nc1cc(Cl)ccc1Cl. The average molecular weight is 465 g/mol. The lowest BCUT2D eigenvalue weighted by Crippen LogP contribution is -2.24. The molecule has 0 spiro atoms. The van der Waals surface area contributed by atoms with Crippen LogP contribution in [0.5, 0.6) is 0 Å². The molecule has 0 saturated heterocycles. The first kappa shape index (κ1) is 21.7. The van der Waals surface area contributed by atoms with E-state index in [-0.39, 0.29) is 17.1 Å². The minimum Gasteiger partial charge on any atom is -0.324 e. The Hall–Kier alpha value is -1.99. The van der Waals surface area contributed by atoms with Crippen molar-refractivity contribution in [3.8, 4) is 0 Å². The average Bonchev–Trinajstić information content (AvgIpc) is 3.24. The number of anilines is 2. The van der Waals surface area contributed by atoms with Gasteiger partial charge in [-0.1, -0.05) is 42.3 Å². The summed E-state index contributed by atoms with van der Waals surface area (Å²) >= 11 is 14.9. The Morgan fingerprint density at radius 2 is 1.90 bits per heavy atom. The van der Waals surface area contributed by atoms with Crippen molar-refractivity contribution in [2.24, 2.45) is 0 Å². The molecule has 0 radical (unpaired) electrons. The number of hydrogen-bond acceptors (Lipinski definition) is 4. The van der Waals surface area contributed by atoms with E-state index in [9.17, 15) is 9.59 Å². The van der Waals surface area contributed by atoms with E-state index >= 15 is 0 Å². The standard InChI is InChI=1S/C21H18Cl2N2O2S2/c1-2-18(20(26)25-17-11-13(22)8-9-16(17)23)29-15-6-3-5-14(12-15)24-21(27)19-7-4-10-28-19/h3-12,18H,2H2,1H3,(H,24,27)(H,25,26). The first-order chi connectivity index (χ1) is 14.0. The predicted octanol–water partition coefficient (Wildman–Crippen LogP) is 6.82. The summed E-state index contributed by atoms with van der Waals surface area (Å²) < 4.78 is 0. The van der Waals surface area contributed by atoms with Gasteiger partial charge < -0.3 is 10.6 Å². The van der Waals surface area contributed by atoms with Crippen molar-refractivity contribution in [1.29, 1.82) is 0 Å². The maximum absolute atomic E-state index is 12.7. The third kappa shape index (κ3) is 6.00. The van der Waals surface area contributed by atoms with Crippen LogP contribution in [0.3, 0.4) is 0 Å². The lowest BCUT2D eigenvalue weighted by molar-refractivity contribution is -0.115. The molecule has 0 aliphatic rings. The summed E-state index contributed by atoms with van der Waals surface area (Å²) in [6.07, 6.45) is 0.625. The van der Waals surface area contributed by atoms with E-state index in [0.717, 1.165) is 4.90 Å². The molecule has 0 aliphatic heterocycles. The molecule has 2 amide bonds. The third-order valence-electron chi connectivity index (χ3n) is 3.96. The lowest BCUT2D eigenvalue weighted by Gasteiger charge is -2.16. The van der Waals surface area contributed by atoms with Crippen LogP contribution in [0.1, 0.15) is 23.0 Å². The van der Waals surface area contributed by atoms with Crippen LogP contribution >= 0.6 is 46.3 Å². The minimum atomic E-state index is -0.326. The highest BCUT2D eigenvalue weighted by Gasteiger charge is 2.19. The van der Waals surface area contributed by atoms with Crippen molar-refractivity contribution >= 4 is 69.5 Å². The first-order valence-electron chi connectivity index (χ1n) is 8.83. The van der Waals surface area contributed by atoms with Crippen LogP contribution in [0.15, 0.2) is 64.9 Å². The molecule has 150 valence electrons. The van der Waals surface area contributed by atoms with Crippen LogP contribution < -0.4 is 10.6 Å². The van der Waals surface area contributed by atoms with Crippen LogP contribution in [0.2, 0.25) is 10.0 Å². The number of carbonyl (C=O) groups is 2. The number of nitrogens with one attached hydrogen (secondary N) is 2. The number of benzene rings is 2. The van der Waals surface area contributed by atoms with Crippen molar-refractivity contribution < 1.29 is 9.59 Å². The van der Waals surface area contributed by atoms with Crippen LogP contribution in [-0.2, 0) is 4.79 Å². The van der Waals surface area contributed by atoms with Gasteiger partial charge in [-0.15, -0.1) is 23.1 Å². The molecular weight excluding hydrogens is 447 g/mol. The Kier molecular flexibility index (Phi) is 7.61. The highest BCUT2D eigenvalue weighted by atomic mass is 35.5. The molecule has 2 N–H and O–H groups in total. The van der Waals surface area contributed by atoms with Crippen LogP contribution in [0, 0.1) is 0 Å². The van der Waals surface area contributed by atoms with E-state index < -0.39 is 0 Å². The van der Waals surface area contributed by atoms with E-state index in [1.54, 1.807) is 24.3 Å². The van der Waals surface area contributed by atoms with Gasteiger partial charge in [0.2, 0.25) is 5.91 Å². The molecule has 3 aromatic rings. The summed E-state index contributed by atoms with van der Waals surface area (Å²) in [5, 5.41) is 8.19. The van der Waals surface area contributed by atoms with Crippen molar-refractivity contribution in [3.05, 3.63) is 74.9 Å². The summed E-state index contributed by atoms with van der Waals surface area (Å²) in [4.78, 5) is 26.5. The molecule has 1 unspecified atom stereocenters. The lowest BCUT2D eigenvalue weighted by atomic mass is 10.2. The van der Waals surface area contributed by atoms with Gasteiger partial charge in [-0.25, -0.2) is 0 Å². The quantitative estimate of drug-likeness (QED) is 0.377. The van der Waals surface area contributed by atoms with Crippen molar-refractivity contribution in [2.45, 2.75) is 23.5 Å². The Bertz CT molecular complexity index is 1010. The maximum Gasteiger partial charge on any atom is 0.265 e. The van der Waals surface area contributed by atoms with Crippen LogP contribution in [-0.4, -0.2) is 17.1 Å². The second kappa shape index (κ2) is 10.2. The van der Waals surface area contributed by atoms with E-state index in [1.807, 2.05) is 42.6 Å². The maximum atomic E-state index is 12.7. The van der Waals surface area contributed by atoms with Gasteiger partial charge >= 0.3 is 0 Å². The summed E-state index contributed by atoms with van der Waals surface area (Å²) in [5.74, 6) is -0.308. The zero-order chi connectivity index (χ0) is 20.8. The monoisotopic (exact) mass is 464 g/mol. The molecule has 2 aromatic carbocycles. The number of rotatable bonds is 7. The second-order valence-corrected chi connectivity index (χ2v) is 9.15. The molecule has 1 heterocycles. The fourth-order valence-electron chi connectivity index (χ4n) is 2.54. The molecule has 8 heteroatoms. The fraction of sp³-hybridized carbons (Fsp3) is 0.143. The molecule has 3 rings (SSSR count). The Balaban J connectivity index is 1.68. The summed E-state index contributed by atoms with van der Waals surface area (Å²) in [7, 11) is 0. The number of halogens is 2. The van der Waals surface area contributed by atoms with Crippen LogP contribution in [0.25, 0.3) is 0 Å². The Morgan fingerprint density at radius 1 is 1.07 bits per heavy atom. The zero-order valence-corrected chi connectivity index (χ0v) is 18.6. The van der Waals surface area contributed by atoms with E-state index in [0.29, 0.717) is 32.7 Å². The van der Waals surface area contributed by atoms with Crippen molar-refractivity contribution in [1.82, 2.24) is 0 Å². The van der Waals surface area contributed by atoms with Gasteiger partial charge in [0.25, 0.3) is 5.91 Å². The summed E-state index contributed by atoms with van der Waals surface area (Å²) in [5.41, 5.74) is 1.17. The predicted molar refractivity (Wildman–Crippen MR) is 124 cm³/mol.